The Hall–Kier alpha value is -1.30. The van der Waals surface area contributed by atoms with Crippen LogP contribution in [0.3, 0.4) is 0 Å². The molecule has 0 radical (unpaired) electrons. The van der Waals surface area contributed by atoms with Crippen LogP contribution in [0, 0.1) is 17.8 Å². The molecule has 5 fully saturated rings. The monoisotopic (exact) mass is 362 g/mol. The summed E-state index contributed by atoms with van der Waals surface area (Å²) in [6.45, 7) is 2.38. The second-order valence-electron chi connectivity index (χ2n) is 9.31. The number of carbonyl (C=O) groups excluding carboxylic acids is 2. The number of amides is 3. The van der Waals surface area contributed by atoms with Crippen molar-refractivity contribution < 1.29 is 9.59 Å². The summed E-state index contributed by atoms with van der Waals surface area (Å²) in [7, 11) is 1.90. The second-order valence-corrected chi connectivity index (χ2v) is 9.31. The Morgan fingerprint density at radius 1 is 1.04 bits per heavy atom. The van der Waals surface area contributed by atoms with Crippen molar-refractivity contribution in [3.05, 3.63) is 0 Å². The minimum Gasteiger partial charge on any atom is -0.343 e. The Kier molecular flexibility index (Phi) is 5.13. The molecule has 4 aliphatic carbocycles. The molecule has 0 aromatic heterocycles. The van der Waals surface area contributed by atoms with Crippen molar-refractivity contribution in [2.24, 2.45) is 17.8 Å². The van der Waals surface area contributed by atoms with Gasteiger partial charge in [0.2, 0.25) is 5.91 Å². The minimum atomic E-state index is -0.0794. The normalized spacial score (nSPS) is 36.0. The van der Waals surface area contributed by atoms with Crippen LogP contribution in [-0.4, -0.2) is 55.1 Å². The van der Waals surface area contributed by atoms with Gasteiger partial charge in [0.1, 0.15) is 0 Å². The number of nitrogens with one attached hydrogen (secondary N) is 3. The summed E-state index contributed by atoms with van der Waals surface area (Å²) < 4.78 is 0. The van der Waals surface area contributed by atoms with E-state index >= 15 is 0 Å². The van der Waals surface area contributed by atoms with Crippen molar-refractivity contribution in [3.8, 4) is 0 Å². The Labute approximate surface area is 156 Å². The number of nitrogens with zero attached hydrogens (tertiary/aromatic N) is 1. The summed E-state index contributed by atoms with van der Waals surface area (Å²) in [5.74, 6) is 2.59. The van der Waals surface area contributed by atoms with Gasteiger partial charge in [-0.25, -0.2) is 4.79 Å². The van der Waals surface area contributed by atoms with Crippen molar-refractivity contribution >= 4 is 11.9 Å². The molecule has 6 nitrogen and oxygen atoms in total. The highest BCUT2D eigenvalue weighted by Gasteiger charge is 2.51. The average molecular weight is 363 g/mol. The van der Waals surface area contributed by atoms with Crippen molar-refractivity contribution in [2.75, 3.05) is 26.7 Å². The molecule has 0 aromatic carbocycles. The molecular formula is C20H34N4O2. The Morgan fingerprint density at radius 3 is 2.19 bits per heavy atom. The Balaban J connectivity index is 1.20. The van der Waals surface area contributed by atoms with E-state index in [2.05, 4.69) is 16.0 Å². The number of piperidine rings is 1. The molecule has 4 bridgehead atoms. The third kappa shape index (κ3) is 3.85. The van der Waals surface area contributed by atoms with Crippen LogP contribution in [0.2, 0.25) is 0 Å². The van der Waals surface area contributed by atoms with Gasteiger partial charge in [0, 0.05) is 31.6 Å². The van der Waals surface area contributed by atoms with Gasteiger partial charge in [-0.2, -0.15) is 0 Å². The smallest absolute Gasteiger partial charge is 0.315 e. The maximum absolute atomic E-state index is 12.4. The number of carbonyl (C=O) groups is 2. The largest absolute Gasteiger partial charge is 0.343 e. The molecule has 5 aliphatic rings. The summed E-state index contributed by atoms with van der Waals surface area (Å²) >= 11 is 0. The molecule has 3 N–H and O–H groups in total. The zero-order valence-corrected chi connectivity index (χ0v) is 16.1. The highest BCUT2D eigenvalue weighted by molar-refractivity contribution is 5.78. The molecule has 6 heteroatoms. The van der Waals surface area contributed by atoms with Gasteiger partial charge >= 0.3 is 6.03 Å². The van der Waals surface area contributed by atoms with Crippen LogP contribution in [0.4, 0.5) is 4.79 Å². The van der Waals surface area contributed by atoms with E-state index in [9.17, 15) is 9.59 Å². The van der Waals surface area contributed by atoms with Crippen LogP contribution in [0.15, 0.2) is 0 Å². The van der Waals surface area contributed by atoms with Gasteiger partial charge in [-0.15, -0.1) is 0 Å². The number of hydrogen-bond donors (Lipinski definition) is 3. The van der Waals surface area contributed by atoms with E-state index in [0.717, 1.165) is 62.9 Å². The van der Waals surface area contributed by atoms with Crippen molar-refractivity contribution in [1.29, 1.82) is 0 Å². The molecule has 1 aliphatic heterocycles. The summed E-state index contributed by atoms with van der Waals surface area (Å²) in [5.41, 5.74) is 0.0364. The molecule has 26 heavy (non-hydrogen) atoms. The molecule has 146 valence electrons. The lowest BCUT2D eigenvalue weighted by atomic mass is 9.53. The van der Waals surface area contributed by atoms with Gasteiger partial charge in [0.05, 0.1) is 0 Å². The quantitative estimate of drug-likeness (QED) is 0.699. The SMILES string of the molecule is CN(C(=O)CCNC(=O)NC12CC3CC(CC(C3)C1)C2)C1CCNCC1. The number of hydrogen-bond acceptors (Lipinski definition) is 3. The first-order valence-corrected chi connectivity index (χ1v) is 10.6. The number of rotatable bonds is 5. The van der Waals surface area contributed by atoms with Crippen molar-refractivity contribution in [2.45, 2.75) is 69.4 Å². The van der Waals surface area contributed by atoms with E-state index in [4.69, 9.17) is 0 Å². The fourth-order valence-corrected chi connectivity index (χ4v) is 6.41. The lowest BCUT2D eigenvalue weighted by molar-refractivity contribution is -0.132. The second kappa shape index (κ2) is 7.37. The summed E-state index contributed by atoms with van der Waals surface area (Å²) in [4.78, 5) is 26.7. The van der Waals surface area contributed by atoms with Crippen LogP contribution >= 0.6 is 0 Å². The summed E-state index contributed by atoms with van der Waals surface area (Å²) in [6.07, 6.45) is 10.0. The highest BCUT2D eigenvalue weighted by atomic mass is 16.2. The first-order valence-electron chi connectivity index (χ1n) is 10.6. The average Bonchev–Trinajstić information content (AvgIpc) is 2.60. The molecule has 0 spiro atoms. The Bertz CT molecular complexity index is 509. The maximum Gasteiger partial charge on any atom is 0.315 e. The van der Waals surface area contributed by atoms with Gasteiger partial charge in [0.25, 0.3) is 0 Å². The third-order valence-corrected chi connectivity index (χ3v) is 7.29. The van der Waals surface area contributed by atoms with E-state index in [-0.39, 0.29) is 17.5 Å². The molecular weight excluding hydrogens is 328 g/mol. The van der Waals surface area contributed by atoms with E-state index < -0.39 is 0 Å². The van der Waals surface area contributed by atoms with Gasteiger partial charge in [0.15, 0.2) is 0 Å². The number of urea groups is 1. The van der Waals surface area contributed by atoms with Crippen LogP contribution < -0.4 is 16.0 Å². The van der Waals surface area contributed by atoms with Crippen molar-refractivity contribution in [1.82, 2.24) is 20.9 Å². The molecule has 0 atom stereocenters. The maximum atomic E-state index is 12.4. The van der Waals surface area contributed by atoms with Crippen molar-refractivity contribution in [3.63, 3.8) is 0 Å². The van der Waals surface area contributed by atoms with E-state index in [1.54, 1.807) is 0 Å². The molecule has 1 heterocycles. The molecule has 5 rings (SSSR count). The molecule has 4 saturated carbocycles. The lowest BCUT2D eigenvalue weighted by Crippen LogP contribution is -2.61. The van der Waals surface area contributed by atoms with E-state index in [1.807, 2.05) is 11.9 Å². The van der Waals surface area contributed by atoms with Gasteiger partial charge < -0.3 is 20.9 Å². The minimum absolute atomic E-state index is 0.0364. The first kappa shape index (κ1) is 18.1. The zero-order chi connectivity index (χ0) is 18.1. The summed E-state index contributed by atoms with van der Waals surface area (Å²) in [5, 5.41) is 9.57. The topological polar surface area (TPSA) is 73.5 Å². The van der Waals surface area contributed by atoms with E-state index in [0.29, 0.717) is 19.0 Å². The van der Waals surface area contributed by atoms with Gasteiger partial charge in [-0.3, -0.25) is 4.79 Å². The predicted octanol–water partition coefficient (Wildman–Crippen LogP) is 1.85. The fraction of sp³-hybridized carbons (Fsp3) is 0.900. The standard InChI is InChI=1S/C20H34N4O2/c1-24(17-2-5-21-6-3-17)18(25)4-7-22-19(26)23-20-11-14-8-15(12-20)10-16(9-14)13-20/h14-17,21H,2-13H2,1H3,(H2,22,23,26). The third-order valence-electron chi connectivity index (χ3n) is 7.29. The highest BCUT2D eigenvalue weighted by Crippen LogP contribution is 2.55. The zero-order valence-electron chi connectivity index (χ0n) is 16.1. The summed E-state index contributed by atoms with van der Waals surface area (Å²) in [6, 6.07) is 0.258. The van der Waals surface area contributed by atoms with Crippen LogP contribution in [0.25, 0.3) is 0 Å². The predicted molar refractivity (Wildman–Crippen MR) is 101 cm³/mol. The molecule has 0 aromatic rings. The van der Waals surface area contributed by atoms with Crippen LogP contribution in [0.1, 0.15) is 57.8 Å². The Morgan fingerprint density at radius 2 is 1.62 bits per heavy atom. The lowest BCUT2D eigenvalue weighted by Gasteiger charge is -2.56. The first-order chi connectivity index (χ1) is 12.5. The van der Waals surface area contributed by atoms with Crippen LogP contribution in [0.5, 0.6) is 0 Å². The van der Waals surface area contributed by atoms with E-state index in [1.165, 1.54) is 19.3 Å². The van der Waals surface area contributed by atoms with Gasteiger partial charge in [-0.05, 0) is 82.2 Å². The molecule has 1 saturated heterocycles. The van der Waals surface area contributed by atoms with Gasteiger partial charge in [-0.1, -0.05) is 0 Å². The fourth-order valence-electron chi connectivity index (χ4n) is 6.41. The molecule has 3 amide bonds. The van der Waals surface area contributed by atoms with Crippen LogP contribution in [-0.2, 0) is 4.79 Å². The molecule has 0 unspecified atom stereocenters.